The number of nitrogens with one attached hydrogen (secondary N) is 1. The second kappa shape index (κ2) is 3.97. The molecule has 0 amide bonds. The molecule has 0 atom stereocenters. The van der Waals surface area contributed by atoms with Gasteiger partial charge in [0.2, 0.25) is 0 Å². The Balaban J connectivity index is 2.36. The van der Waals surface area contributed by atoms with Crippen molar-refractivity contribution in [1.82, 2.24) is 4.98 Å². The van der Waals surface area contributed by atoms with Crippen molar-refractivity contribution in [2.24, 2.45) is 0 Å². The van der Waals surface area contributed by atoms with E-state index in [1.165, 1.54) is 24.1 Å². The highest BCUT2D eigenvalue weighted by Crippen LogP contribution is 2.35. The third-order valence-electron chi connectivity index (χ3n) is 3.35. The van der Waals surface area contributed by atoms with Crippen LogP contribution in [-0.2, 0) is 12.8 Å². The lowest BCUT2D eigenvalue weighted by Crippen LogP contribution is -1.99. The number of aromatic amines is 1. The van der Waals surface area contributed by atoms with Gasteiger partial charge in [0.15, 0.2) is 0 Å². The van der Waals surface area contributed by atoms with Gasteiger partial charge in [-0.15, -0.1) is 0 Å². The van der Waals surface area contributed by atoms with Gasteiger partial charge < -0.3 is 4.98 Å². The predicted octanol–water partition coefficient (Wildman–Crippen LogP) is 3.56. The van der Waals surface area contributed by atoms with Crippen molar-refractivity contribution in [2.75, 3.05) is 0 Å². The summed E-state index contributed by atoms with van der Waals surface area (Å²) in [4.78, 5) is 14.0. The van der Waals surface area contributed by atoms with Gasteiger partial charge in [-0.2, -0.15) is 0 Å². The van der Waals surface area contributed by atoms with Gasteiger partial charge in [-0.1, -0.05) is 0 Å². The number of halogens is 1. The Morgan fingerprint density at radius 1 is 1.29 bits per heavy atom. The van der Waals surface area contributed by atoms with Crippen LogP contribution in [0, 0.1) is 13.7 Å². The van der Waals surface area contributed by atoms with Gasteiger partial charge >= 0.3 is 0 Å². The van der Waals surface area contributed by atoms with Crippen molar-refractivity contribution in [2.45, 2.75) is 25.7 Å². The minimum Gasteiger partial charge on any atom is -0.353 e. The van der Waals surface area contributed by atoms with Crippen LogP contribution in [0.25, 0.3) is 10.9 Å². The van der Waals surface area contributed by atoms with E-state index >= 15 is 0 Å². The smallest absolute Gasteiger partial charge is 0.294 e. The summed E-state index contributed by atoms with van der Waals surface area (Å²) in [6.45, 7) is 0. The second-order valence-electron chi connectivity index (χ2n) is 4.39. The Morgan fingerprint density at radius 3 is 2.82 bits per heavy atom. The molecule has 1 N–H and O–H groups in total. The number of aromatic nitrogens is 1. The number of hydrogen-bond donors (Lipinski definition) is 1. The maximum atomic E-state index is 11.1. The molecule has 3 rings (SSSR count). The topological polar surface area (TPSA) is 58.9 Å². The van der Waals surface area contributed by atoms with E-state index in [1.54, 1.807) is 6.07 Å². The summed E-state index contributed by atoms with van der Waals surface area (Å²) in [5.41, 5.74) is 3.37. The molecule has 1 heterocycles. The second-order valence-corrected chi connectivity index (χ2v) is 5.64. The van der Waals surface area contributed by atoms with E-state index < -0.39 is 0 Å². The zero-order chi connectivity index (χ0) is 12.0. The monoisotopic (exact) mass is 342 g/mol. The molecule has 5 heteroatoms. The largest absolute Gasteiger partial charge is 0.353 e. The molecule has 4 nitrogen and oxygen atoms in total. The number of nitro groups is 1. The predicted molar refractivity (Wildman–Crippen MR) is 74.3 cm³/mol. The summed E-state index contributed by atoms with van der Waals surface area (Å²) in [5, 5.41) is 12.1. The van der Waals surface area contributed by atoms with Gasteiger partial charge in [-0.25, -0.2) is 0 Å². The van der Waals surface area contributed by atoms with E-state index in [9.17, 15) is 10.1 Å². The number of nitro benzene ring substituents is 1. The highest BCUT2D eigenvalue weighted by atomic mass is 127. The Bertz CT molecular complexity index is 618. The van der Waals surface area contributed by atoms with Crippen LogP contribution in [0.1, 0.15) is 24.1 Å². The lowest BCUT2D eigenvalue weighted by atomic mass is 9.96. The summed E-state index contributed by atoms with van der Waals surface area (Å²) in [7, 11) is 0. The van der Waals surface area contributed by atoms with E-state index in [4.69, 9.17) is 0 Å². The maximum absolute atomic E-state index is 11.1. The van der Waals surface area contributed by atoms with Crippen molar-refractivity contribution >= 4 is 39.2 Å². The maximum Gasteiger partial charge on any atom is 0.294 e. The fourth-order valence-corrected chi connectivity index (χ4v) is 3.20. The number of hydrogen-bond acceptors (Lipinski definition) is 2. The quantitative estimate of drug-likeness (QED) is 0.489. The minimum absolute atomic E-state index is 0.196. The molecule has 1 aromatic heterocycles. The van der Waals surface area contributed by atoms with Crippen LogP contribution < -0.4 is 0 Å². The molecule has 1 aliphatic rings. The normalized spacial score (nSPS) is 14.9. The Morgan fingerprint density at radius 2 is 2.06 bits per heavy atom. The van der Waals surface area contributed by atoms with Crippen LogP contribution >= 0.6 is 22.6 Å². The summed E-state index contributed by atoms with van der Waals surface area (Å²) in [6, 6.07) is 3.67. The van der Waals surface area contributed by atoms with Crippen LogP contribution in [-0.4, -0.2) is 9.91 Å². The molecule has 1 aliphatic carbocycles. The van der Waals surface area contributed by atoms with Crippen molar-refractivity contribution < 1.29 is 4.92 Å². The molecule has 0 radical (unpaired) electrons. The molecule has 17 heavy (non-hydrogen) atoms. The zero-order valence-electron chi connectivity index (χ0n) is 9.12. The third kappa shape index (κ3) is 1.72. The van der Waals surface area contributed by atoms with E-state index in [2.05, 4.69) is 27.6 Å². The van der Waals surface area contributed by atoms with Crippen LogP contribution in [0.4, 0.5) is 5.69 Å². The van der Waals surface area contributed by atoms with Gasteiger partial charge in [-0.3, -0.25) is 10.1 Å². The molecular weight excluding hydrogens is 331 g/mol. The number of H-pyrrole nitrogens is 1. The van der Waals surface area contributed by atoms with Gasteiger partial charge in [0.25, 0.3) is 5.69 Å². The standard InChI is InChI=1S/C12H11IN2O2/c13-7-5-9-8-3-1-2-4-10(8)14-12(9)11(6-7)15(16)17/h5-6,14H,1-4H2. The summed E-state index contributed by atoms with van der Waals surface area (Å²) >= 11 is 2.14. The zero-order valence-corrected chi connectivity index (χ0v) is 11.3. The van der Waals surface area contributed by atoms with E-state index in [0.717, 1.165) is 21.8 Å². The number of aryl methyl sites for hydroxylation is 2. The first-order chi connectivity index (χ1) is 8.16. The molecule has 1 aromatic carbocycles. The summed E-state index contributed by atoms with van der Waals surface area (Å²) in [5.74, 6) is 0. The molecule has 2 aromatic rings. The van der Waals surface area contributed by atoms with Crippen molar-refractivity contribution in [3.63, 3.8) is 0 Å². The lowest BCUT2D eigenvalue weighted by Gasteiger charge is -2.10. The molecule has 0 spiro atoms. The first kappa shape index (κ1) is 11.0. The van der Waals surface area contributed by atoms with Crippen molar-refractivity contribution in [3.8, 4) is 0 Å². The highest BCUT2D eigenvalue weighted by molar-refractivity contribution is 14.1. The number of nitrogens with zero attached hydrogens (tertiary/aromatic N) is 1. The van der Waals surface area contributed by atoms with Gasteiger partial charge in [0.1, 0.15) is 5.52 Å². The van der Waals surface area contributed by atoms with Gasteiger partial charge in [-0.05, 0) is 59.9 Å². The van der Waals surface area contributed by atoms with Crippen molar-refractivity contribution in [1.29, 1.82) is 0 Å². The summed E-state index contributed by atoms with van der Waals surface area (Å²) in [6.07, 6.45) is 4.40. The van der Waals surface area contributed by atoms with Crippen LogP contribution in [0.2, 0.25) is 0 Å². The molecule has 88 valence electrons. The Hall–Kier alpha value is -1.11. The number of non-ortho nitro benzene ring substituents is 1. The SMILES string of the molecule is O=[N+]([O-])c1cc(I)cc2c3c([nH]c12)CCCC3. The van der Waals surface area contributed by atoms with Gasteiger partial charge in [0, 0.05) is 20.7 Å². The molecule has 0 saturated heterocycles. The molecular formula is C12H11IN2O2. The molecule has 0 bridgehead atoms. The highest BCUT2D eigenvalue weighted by Gasteiger charge is 2.21. The number of fused-ring (bicyclic) bond motifs is 3. The van der Waals surface area contributed by atoms with Gasteiger partial charge in [0.05, 0.1) is 4.92 Å². The number of benzene rings is 1. The minimum atomic E-state index is -0.299. The average molecular weight is 342 g/mol. The van der Waals surface area contributed by atoms with E-state index in [-0.39, 0.29) is 10.6 Å². The molecule has 0 saturated carbocycles. The number of rotatable bonds is 1. The Kier molecular flexibility index (Phi) is 2.57. The molecule has 0 fully saturated rings. The molecule has 0 aliphatic heterocycles. The van der Waals surface area contributed by atoms with Crippen LogP contribution in [0.5, 0.6) is 0 Å². The fraction of sp³-hybridized carbons (Fsp3) is 0.333. The first-order valence-corrected chi connectivity index (χ1v) is 6.72. The average Bonchev–Trinajstić information content (AvgIpc) is 2.66. The van der Waals surface area contributed by atoms with E-state index in [1.807, 2.05) is 6.07 Å². The first-order valence-electron chi connectivity index (χ1n) is 5.64. The van der Waals surface area contributed by atoms with Crippen molar-refractivity contribution in [3.05, 3.63) is 37.1 Å². The van der Waals surface area contributed by atoms with E-state index in [0.29, 0.717) is 5.52 Å². The fourth-order valence-electron chi connectivity index (χ4n) is 2.60. The lowest BCUT2D eigenvalue weighted by molar-refractivity contribution is -0.383. The Labute approximate surface area is 112 Å². The van der Waals surface area contributed by atoms with Crippen LogP contribution in [0.3, 0.4) is 0 Å². The molecule has 0 unspecified atom stereocenters. The van der Waals surface area contributed by atoms with Crippen LogP contribution in [0.15, 0.2) is 12.1 Å². The summed E-state index contributed by atoms with van der Waals surface area (Å²) < 4.78 is 0.925. The third-order valence-corrected chi connectivity index (χ3v) is 3.97.